The summed E-state index contributed by atoms with van der Waals surface area (Å²) >= 11 is 0. The number of rotatable bonds is 17. The number of ether oxygens (including phenoxy) is 2. The molecule has 0 fully saturated rings. The molecule has 1 rings (SSSR count). The summed E-state index contributed by atoms with van der Waals surface area (Å²) in [6, 6.07) is 5.46. The Labute approximate surface area is 173 Å². The average Bonchev–Trinajstić information content (AvgIpc) is 2.71. The zero-order chi connectivity index (χ0) is 20.5. The van der Waals surface area contributed by atoms with Crippen LogP contribution in [0.4, 0.5) is 0 Å². The first-order valence-corrected chi connectivity index (χ1v) is 11.5. The fraction of sp³-hybridized carbons (Fsp3) is 0.720. The lowest BCUT2D eigenvalue weighted by molar-refractivity contribution is 0.0600. The topological polar surface area (TPSA) is 35.5 Å². The van der Waals surface area contributed by atoms with E-state index in [0.717, 1.165) is 24.3 Å². The van der Waals surface area contributed by atoms with Crippen LogP contribution in [0.3, 0.4) is 0 Å². The van der Waals surface area contributed by atoms with Gasteiger partial charge in [-0.2, -0.15) is 0 Å². The summed E-state index contributed by atoms with van der Waals surface area (Å²) in [6.45, 7) is 4.99. The van der Waals surface area contributed by atoms with Crippen LogP contribution in [0.25, 0.3) is 0 Å². The van der Waals surface area contributed by atoms with E-state index in [9.17, 15) is 4.79 Å². The van der Waals surface area contributed by atoms with E-state index in [-0.39, 0.29) is 5.97 Å². The van der Waals surface area contributed by atoms with Gasteiger partial charge in [0, 0.05) is 0 Å². The van der Waals surface area contributed by atoms with Crippen molar-refractivity contribution in [2.45, 2.75) is 104 Å². The van der Waals surface area contributed by atoms with Crippen LogP contribution >= 0.6 is 0 Å². The lowest BCUT2D eigenvalue weighted by Crippen LogP contribution is -2.03. The van der Waals surface area contributed by atoms with Crippen LogP contribution < -0.4 is 4.74 Å². The van der Waals surface area contributed by atoms with Crippen molar-refractivity contribution in [1.29, 1.82) is 0 Å². The van der Waals surface area contributed by atoms with Gasteiger partial charge in [-0.3, -0.25) is 0 Å². The van der Waals surface area contributed by atoms with Gasteiger partial charge in [-0.25, -0.2) is 4.79 Å². The SMILES string of the molecule is CCCCCCCCCCCCCCCCOc1ccc(C(=O)OC)cc1C. The number of methoxy groups -OCH3 is 1. The number of carbonyl (C=O) groups is 1. The second-order valence-corrected chi connectivity index (χ2v) is 7.92. The number of carbonyl (C=O) groups excluding carboxylic acids is 1. The minimum Gasteiger partial charge on any atom is -0.493 e. The first kappa shape index (κ1) is 24.5. The normalized spacial score (nSPS) is 10.8. The van der Waals surface area contributed by atoms with E-state index < -0.39 is 0 Å². The van der Waals surface area contributed by atoms with E-state index >= 15 is 0 Å². The van der Waals surface area contributed by atoms with Gasteiger partial charge >= 0.3 is 5.97 Å². The fourth-order valence-electron chi connectivity index (χ4n) is 3.53. The maximum absolute atomic E-state index is 11.5. The van der Waals surface area contributed by atoms with E-state index in [1.165, 1.54) is 90.6 Å². The van der Waals surface area contributed by atoms with Gasteiger partial charge in [0.05, 0.1) is 19.3 Å². The van der Waals surface area contributed by atoms with E-state index in [2.05, 4.69) is 6.92 Å². The van der Waals surface area contributed by atoms with Crippen molar-refractivity contribution < 1.29 is 14.3 Å². The Morgan fingerprint density at radius 3 is 1.75 bits per heavy atom. The molecule has 0 amide bonds. The van der Waals surface area contributed by atoms with E-state index in [0.29, 0.717) is 5.56 Å². The number of esters is 1. The first-order chi connectivity index (χ1) is 13.7. The number of hydrogen-bond acceptors (Lipinski definition) is 3. The molecule has 0 saturated heterocycles. The molecule has 0 N–H and O–H groups in total. The number of aryl methyl sites for hydroxylation is 1. The lowest BCUT2D eigenvalue weighted by Gasteiger charge is -2.10. The van der Waals surface area contributed by atoms with Crippen LogP contribution in [0.1, 0.15) is 113 Å². The molecule has 0 aliphatic rings. The molecule has 0 aliphatic carbocycles. The Morgan fingerprint density at radius 1 is 0.786 bits per heavy atom. The number of hydrogen-bond donors (Lipinski definition) is 0. The van der Waals surface area contributed by atoms with Gasteiger partial charge in [-0.1, -0.05) is 90.4 Å². The Kier molecular flexibility index (Phi) is 14.4. The first-order valence-electron chi connectivity index (χ1n) is 11.5. The Bertz CT molecular complexity index is 525. The molecule has 3 heteroatoms. The summed E-state index contributed by atoms with van der Waals surface area (Å²) in [5.74, 6) is 0.559. The maximum atomic E-state index is 11.5. The highest BCUT2D eigenvalue weighted by molar-refractivity contribution is 5.89. The smallest absolute Gasteiger partial charge is 0.337 e. The Morgan fingerprint density at radius 2 is 1.29 bits per heavy atom. The van der Waals surface area contributed by atoms with Crippen LogP contribution in [-0.2, 0) is 4.74 Å². The van der Waals surface area contributed by atoms with Crippen molar-refractivity contribution >= 4 is 5.97 Å². The molecule has 28 heavy (non-hydrogen) atoms. The third-order valence-electron chi connectivity index (χ3n) is 5.35. The Balaban J connectivity index is 1.93. The number of benzene rings is 1. The second-order valence-electron chi connectivity index (χ2n) is 7.92. The predicted molar refractivity (Wildman–Crippen MR) is 118 cm³/mol. The zero-order valence-electron chi connectivity index (χ0n) is 18.6. The highest BCUT2D eigenvalue weighted by Gasteiger charge is 2.08. The Hall–Kier alpha value is -1.51. The minimum absolute atomic E-state index is 0.304. The molecule has 0 aromatic heterocycles. The summed E-state index contributed by atoms with van der Waals surface area (Å²) in [4.78, 5) is 11.5. The highest BCUT2D eigenvalue weighted by atomic mass is 16.5. The molecular weight excluding hydrogens is 348 g/mol. The third-order valence-corrected chi connectivity index (χ3v) is 5.35. The molecule has 3 nitrogen and oxygen atoms in total. The molecular formula is C25H42O3. The van der Waals surface area contributed by atoms with Gasteiger partial charge in [0.2, 0.25) is 0 Å². The summed E-state index contributed by atoms with van der Waals surface area (Å²) in [6.07, 6.45) is 19.1. The second kappa shape index (κ2) is 16.4. The van der Waals surface area contributed by atoms with Crippen molar-refractivity contribution in [1.82, 2.24) is 0 Å². The average molecular weight is 391 g/mol. The monoisotopic (exact) mass is 390 g/mol. The quantitative estimate of drug-likeness (QED) is 0.202. The van der Waals surface area contributed by atoms with Crippen LogP contribution in [-0.4, -0.2) is 19.7 Å². The van der Waals surface area contributed by atoms with Crippen LogP contribution in [0.2, 0.25) is 0 Å². The van der Waals surface area contributed by atoms with E-state index in [1.807, 2.05) is 19.1 Å². The van der Waals surface area contributed by atoms with Gasteiger partial charge in [0.1, 0.15) is 5.75 Å². The van der Waals surface area contributed by atoms with Crippen molar-refractivity contribution in [3.63, 3.8) is 0 Å². The molecule has 160 valence electrons. The van der Waals surface area contributed by atoms with Crippen LogP contribution in [0, 0.1) is 6.92 Å². The molecule has 0 heterocycles. The standard InChI is InChI=1S/C25H42O3/c1-4-5-6-7-8-9-10-11-12-13-14-15-16-17-20-28-24-19-18-23(21-22(24)2)25(26)27-3/h18-19,21H,4-17,20H2,1-3H3. The molecule has 0 saturated carbocycles. The summed E-state index contributed by atoms with van der Waals surface area (Å²) in [5.41, 5.74) is 1.55. The molecule has 0 bridgehead atoms. The van der Waals surface area contributed by atoms with Crippen molar-refractivity contribution in [3.05, 3.63) is 29.3 Å². The van der Waals surface area contributed by atoms with Crippen LogP contribution in [0.5, 0.6) is 5.75 Å². The van der Waals surface area contributed by atoms with E-state index in [1.54, 1.807) is 6.07 Å². The van der Waals surface area contributed by atoms with Crippen molar-refractivity contribution in [2.24, 2.45) is 0 Å². The molecule has 0 spiro atoms. The molecule has 0 unspecified atom stereocenters. The van der Waals surface area contributed by atoms with E-state index in [4.69, 9.17) is 9.47 Å². The largest absolute Gasteiger partial charge is 0.493 e. The predicted octanol–water partition coefficient (Wildman–Crippen LogP) is 7.64. The van der Waals surface area contributed by atoms with Gasteiger partial charge < -0.3 is 9.47 Å². The summed E-state index contributed by atoms with van der Waals surface area (Å²) in [7, 11) is 1.40. The molecule has 0 radical (unpaired) electrons. The molecule has 0 aliphatic heterocycles. The maximum Gasteiger partial charge on any atom is 0.337 e. The minimum atomic E-state index is -0.304. The molecule has 1 aromatic carbocycles. The molecule has 0 atom stereocenters. The van der Waals surface area contributed by atoms with Gasteiger partial charge in [0.15, 0.2) is 0 Å². The van der Waals surface area contributed by atoms with Gasteiger partial charge in [0.25, 0.3) is 0 Å². The zero-order valence-corrected chi connectivity index (χ0v) is 18.6. The van der Waals surface area contributed by atoms with Crippen molar-refractivity contribution in [2.75, 3.05) is 13.7 Å². The lowest BCUT2D eigenvalue weighted by atomic mass is 10.0. The summed E-state index contributed by atoms with van der Waals surface area (Å²) < 4.78 is 10.6. The fourth-order valence-corrected chi connectivity index (χ4v) is 3.53. The molecule has 1 aromatic rings. The van der Waals surface area contributed by atoms with Gasteiger partial charge in [-0.05, 0) is 37.1 Å². The van der Waals surface area contributed by atoms with Crippen molar-refractivity contribution in [3.8, 4) is 5.75 Å². The van der Waals surface area contributed by atoms with Crippen LogP contribution in [0.15, 0.2) is 18.2 Å². The summed E-state index contributed by atoms with van der Waals surface area (Å²) in [5, 5.41) is 0. The third kappa shape index (κ3) is 11.4. The van der Waals surface area contributed by atoms with Gasteiger partial charge in [-0.15, -0.1) is 0 Å². The number of unbranched alkanes of at least 4 members (excludes halogenated alkanes) is 13. The highest BCUT2D eigenvalue weighted by Crippen LogP contribution is 2.20.